The van der Waals surface area contributed by atoms with Crippen molar-refractivity contribution in [3.05, 3.63) is 76.8 Å². The molecule has 0 bridgehead atoms. The van der Waals surface area contributed by atoms with Crippen LogP contribution in [0.1, 0.15) is 13.3 Å². The highest BCUT2D eigenvalue weighted by Gasteiger charge is 2.11. The molecule has 0 unspecified atom stereocenters. The summed E-state index contributed by atoms with van der Waals surface area (Å²) in [7, 11) is 0. The zero-order valence-corrected chi connectivity index (χ0v) is 17.5. The summed E-state index contributed by atoms with van der Waals surface area (Å²) < 4.78 is 2.25. The predicted molar refractivity (Wildman–Crippen MR) is 125 cm³/mol. The van der Waals surface area contributed by atoms with Crippen LogP contribution in [0.5, 0.6) is 0 Å². The van der Waals surface area contributed by atoms with E-state index in [9.17, 15) is 0 Å². The van der Waals surface area contributed by atoms with Gasteiger partial charge in [-0.3, -0.25) is 0 Å². The van der Waals surface area contributed by atoms with E-state index >= 15 is 0 Å². The lowest BCUT2D eigenvalue weighted by molar-refractivity contribution is 0.758. The zero-order chi connectivity index (χ0) is 20.1. The van der Waals surface area contributed by atoms with Crippen molar-refractivity contribution in [1.29, 1.82) is 0 Å². The molecule has 0 radical (unpaired) electrons. The molecule has 0 aliphatic carbocycles. The average Bonchev–Trinajstić information content (AvgIpc) is 2.99. The van der Waals surface area contributed by atoms with E-state index in [1.54, 1.807) is 6.08 Å². The van der Waals surface area contributed by atoms with Gasteiger partial charge in [-0.25, -0.2) is 0 Å². The van der Waals surface area contributed by atoms with Gasteiger partial charge in [-0.2, -0.15) is 0 Å². The number of nitrogens with two attached hydrogens (primary N) is 1. The SMILES string of the molecule is C=C/C=C(\C=C(\Cl)CC)CNc1ccc2c3cc(Cl)ccc3n(CCN)c2c1. The first-order chi connectivity index (χ1) is 13.6. The number of fused-ring (bicyclic) bond motifs is 3. The minimum absolute atomic E-state index is 0.575. The first-order valence-electron chi connectivity index (χ1n) is 9.40. The molecule has 0 spiro atoms. The molecule has 3 aromatic rings. The Hall–Kier alpha value is -2.20. The molecule has 1 heterocycles. The van der Waals surface area contributed by atoms with Gasteiger partial charge in [-0.15, -0.1) is 0 Å². The van der Waals surface area contributed by atoms with E-state index < -0.39 is 0 Å². The Morgan fingerprint density at radius 2 is 2.00 bits per heavy atom. The molecule has 0 aliphatic rings. The molecule has 5 heteroatoms. The lowest BCUT2D eigenvalue weighted by Crippen LogP contribution is -2.09. The highest BCUT2D eigenvalue weighted by molar-refractivity contribution is 6.32. The first kappa shape index (κ1) is 20.5. The van der Waals surface area contributed by atoms with E-state index in [0.717, 1.165) is 50.7 Å². The molecule has 28 heavy (non-hydrogen) atoms. The molecule has 1 aromatic heterocycles. The van der Waals surface area contributed by atoms with Crippen LogP contribution in [0.2, 0.25) is 5.02 Å². The summed E-state index contributed by atoms with van der Waals surface area (Å²) in [4.78, 5) is 0. The van der Waals surface area contributed by atoms with Gasteiger partial charge < -0.3 is 15.6 Å². The van der Waals surface area contributed by atoms with Crippen molar-refractivity contribution >= 4 is 50.7 Å². The fourth-order valence-corrected chi connectivity index (χ4v) is 3.68. The second-order valence-electron chi connectivity index (χ2n) is 6.61. The van der Waals surface area contributed by atoms with Gasteiger partial charge >= 0.3 is 0 Å². The fraction of sp³-hybridized carbons (Fsp3) is 0.217. The second kappa shape index (κ2) is 9.33. The van der Waals surface area contributed by atoms with Crippen LogP contribution in [-0.4, -0.2) is 17.7 Å². The van der Waals surface area contributed by atoms with Crippen molar-refractivity contribution in [2.45, 2.75) is 19.9 Å². The summed E-state index contributed by atoms with van der Waals surface area (Å²) in [6, 6.07) is 12.4. The van der Waals surface area contributed by atoms with Crippen LogP contribution in [0.3, 0.4) is 0 Å². The van der Waals surface area contributed by atoms with Crippen molar-refractivity contribution in [1.82, 2.24) is 4.57 Å². The monoisotopic (exact) mass is 413 g/mol. The van der Waals surface area contributed by atoms with Crippen LogP contribution in [0, 0.1) is 0 Å². The molecular formula is C23H25Cl2N3. The molecule has 0 fully saturated rings. The summed E-state index contributed by atoms with van der Waals surface area (Å²) in [6.45, 7) is 7.82. The Morgan fingerprint density at radius 1 is 1.18 bits per heavy atom. The first-order valence-corrected chi connectivity index (χ1v) is 10.2. The summed E-state index contributed by atoms with van der Waals surface area (Å²) >= 11 is 12.4. The lowest BCUT2D eigenvalue weighted by Gasteiger charge is -2.10. The van der Waals surface area contributed by atoms with Gasteiger partial charge in [0, 0.05) is 51.7 Å². The molecule has 146 valence electrons. The number of nitrogens with one attached hydrogen (secondary N) is 1. The minimum atomic E-state index is 0.575. The molecule has 0 amide bonds. The second-order valence-corrected chi connectivity index (χ2v) is 7.53. The summed E-state index contributed by atoms with van der Waals surface area (Å²) in [6.07, 6.45) is 6.54. The van der Waals surface area contributed by atoms with Gasteiger partial charge in [-0.1, -0.05) is 54.9 Å². The zero-order valence-electron chi connectivity index (χ0n) is 16.0. The molecule has 3 nitrogen and oxygen atoms in total. The van der Waals surface area contributed by atoms with E-state index in [1.807, 2.05) is 31.2 Å². The van der Waals surface area contributed by atoms with Gasteiger partial charge in [0.1, 0.15) is 0 Å². The normalized spacial score (nSPS) is 12.7. The van der Waals surface area contributed by atoms with Crippen LogP contribution in [0.25, 0.3) is 21.8 Å². The summed E-state index contributed by atoms with van der Waals surface area (Å²) in [5.41, 5.74) is 10.3. The van der Waals surface area contributed by atoms with Crippen LogP contribution in [0.4, 0.5) is 5.69 Å². The van der Waals surface area contributed by atoms with E-state index in [2.05, 4.69) is 40.7 Å². The largest absolute Gasteiger partial charge is 0.381 e. The fourth-order valence-electron chi connectivity index (χ4n) is 3.37. The Balaban J connectivity index is 1.97. The van der Waals surface area contributed by atoms with Crippen molar-refractivity contribution in [3.8, 4) is 0 Å². The average molecular weight is 414 g/mol. The Morgan fingerprint density at radius 3 is 2.71 bits per heavy atom. The summed E-state index contributed by atoms with van der Waals surface area (Å²) in [5.74, 6) is 0. The summed E-state index contributed by atoms with van der Waals surface area (Å²) in [5, 5.41) is 7.37. The molecule has 2 aromatic carbocycles. The van der Waals surface area contributed by atoms with E-state index in [-0.39, 0.29) is 0 Å². The number of aromatic nitrogens is 1. The van der Waals surface area contributed by atoms with E-state index in [0.29, 0.717) is 13.1 Å². The number of rotatable bonds is 8. The third-order valence-electron chi connectivity index (χ3n) is 4.69. The molecule has 0 saturated carbocycles. The number of anilines is 1. The molecule has 0 saturated heterocycles. The number of hydrogen-bond donors (Lipinski definition) is 2. The third kappa shape index (κ3) is 4.44. The van der Waals surface area contributed by atoms with Gasteiger partial charge in [0.05, 0.1) is 5.52 Å². The smallest absolute Gasteiger partial charge is 0.0512 e. The maximum Gasteiger partial charge on any atom is 0.0512 e. The number of halogens is 2. The molecule has 3 N–H and O–H groups in total. The number of hydrogen-bond acceptors (Lipinski definition) is 2. The number of benzene rings is 2. The molecule has 0 aliphatic heterocycles. The highest BCUT2D eigenvalue weighted by Crippen LogP contribution is 2.32. The van der Waals surface area contributed by atoms with Crippen LogP contribution < -0.4 is 11.1 Å². The maximum atomic E-state index is 6.23. The van der Waals surface area contributed by atoms with Gasteiger partial charge in [0.15, 0.2) is 0 Å². The lowest BCUT2D eigenvalue weighted by atomic mass is 10.1. The Kier molecular flexibility index (Phi) is 6.84. The van der Waals surface area contributed by atoms with Crippen molar-refractivity contribution in [2.75, 3.05) is 18.4 Å². The number of nitrogens with zero attached hydrogens (tertiary/aromatic N) is 1. The number of allylic oxidation sites excluding steroid dienone is 3. The standard InChI is InChI=1S/C23H25Cl2N3/c1-3-5-16(12-17(24)4-2)15-27-19-7-8-20-21-13-18(25)6-9-22(21)28(11-10-26)23(20)14-19/h3,5-9,12-14,27H,1,4,10-11,15,26H2,2H3/b16-5+,17-12+. The van der Waals surface area contributed by atoms with Crippen molar-refractivity contribution in [3.63, 3.8) is 0 Å². The van der Waals surface area contributed by atoms with Crippen molar-refractivity contribution < 1.29 is 0 Å². The molecular weight excluding hydrogens is 389 g/mol. The molecule has 3 rings (SSSR count). The Labute approximate surface area is 176 Å². The van der Waals surface area contributed by atoms with E-state index in [4.69, 9.17) is 28.9 Å². The van der Waals surface area contributed by atoms with Gasteiger partial charge in [0.25, 0.3) is 0 Å². The van der Waals surface area contributed by atoms with Crippen LogP contribution in [-0.2, 0) is 6.54 Å². The van der Waals surface area contributed by atoms with E-state index in [1.165, 1.54) is 5.39 Å². The predicted octanol–water partition coefficient (Wildman–Crippen LogP) is 6.46. The Bertz CT molecular complexity index is 1060. The van der Waals surface area contributed by atoms with Crippen LogP contribution in [0.15, 0.2) is 71.8 Å². The van der Waals surface area contributed by atoms with Gasteiger partial charge in [0.2, 0.25) is 0 Å². The maximum absolute atomic E-state index is 6.23. The topological polar surface area (TPSA) is 43.0 Å². The third-order valence-corrected chi connectivity index (χ3v) is 5.30. The van der Waals surface area contributed by atoms with Crippen molar-refractivity contribution in [2.24, 2.45) is 5.73 Å². The molecule has 0 atom stereocenters. The van der Waals surface area contributed by atoms with Gasteiger partial charge in [-0.05, 0) is 48.4 Å². The van der Waals surface area contributed by atoms with Crippen LogP contribution >= 0.6 is 23.2 Å². The highest BCUT2D eigenvalue weighted by atomic mass is 35.5. The quantitative estimate of drug-likeness (QED) is 0.415. The minimum Gasteiger partial charge on any atom is -0.381 e.